The quantitative estimate of drug-likeness (QED) is 0.820. The van der Waals surface area contributed by atoms with Crippen LogP contribution in [0.1, 0.15) is 36.0 Å². The zero-order chi connectivity index (χ0) is 15.1. The molecular weight excluding hydrogens is 300 g/mol. The number of fused-ring (bicyclic) bond motifs is 2. The second-order valence-corrected chi connectivity index (χ2v) is 6.36. The van der Waals surface area contributed by atoms with E-state index in [-0.39, 0.29) is 18.1 Å². The van der Waals surface area contributed by atoms with Crippen molar-refractivity contribution in [1.82, 2.24) is 9.88 Å². The minimum Gasteiger partial charge on any atom is -0.429 e. The predicted molar refractivity (Wildman–Crippen MR) is 84.4 cm³/mol. The van der Waals surface area contributed by atoms with Crippen LogP contribution in [0.4, 0.5) is 0 Å². The molecule has 1 saturated carbocycles. The van der Waals surface area contributed by atoms with Crippen molar-refractivity contribution in [1.29, 1.82) is 0 Å². The molecule has 2 heterocycles. The molecule has 1 aliphatic carbocycles. The lowest BCUT2D eigenvalue weighted by Crippen LogP contribution is -2.43. The molecule has 0 bridgehead atoms. The van der Waals surface area contributed by atoms with Gasteiger partial charge in [-0.25, -0.2) is 0 Å². The lowest BCUT2D eigenvalue weighted by molar-refractivity contribution is 0.0297. The number of nitrogens with one attached hydrogen (secondary N) is 1. The van der Waals surface area contributed by atoms with E-state index in [9.17, 15) is 4.79 Å². The third-order valence-electron chi connectivity index (χ3n) is 4.62. The standard InChI is InChI=1S/C16H18N2O3S/c19-15(10-5-6-11-14(9-10)21-16(22)17-11)18-7-2-8-20-13-4-1-3-12(13)18/h5-6,9,12-13H,1-4,7-8H2,(H,17,22)/t12-,13-/m1/s1. The van der Waals surface area contributed by atoms with Gasteiger partial charge in [-0.05, 0) is 56.1 Å². The molecule has 2 aliphatic rings. The number of ether oxygens (including phenoxy) is 1. The molecule has 2 aromatic rings. The fourth-order valence-corrected chi connectivity index (χ4v) is 3.79. The van der Waals surface area contributed by atoms with Crippen LogP contribution in [0.5, 0.6) is 0 Å². The van der Waals surface area contributed by atoms with E-state index in [1.54, 1.807) is 6.07 Å². The number of benzene rings is 1. The van der Waals surface area contributed by atoms with Crippen molar-refractivity contribution >= 4 is 29.2 Å². The molecular formula is C16H18N2O3S. The summed E-state index contributed by atoms with van der Waals surface area (Å²) in [4.78, 5) is 18.2. The summed E-state index contributed by atoms with van der Waals surface area (Å²) in [6.07, 6.45) is 4.31. The highest BCUT2D eigenvalue weighted by Crippen LogP contribution is 2.30. The summed E-state index contributed by atoms with van der Waals surface area (Å²) in [6, 6.07) is 5.67. The maximum atomic E-state index is 12.9. The minimum atomic E-state index is 0.0617. The van der Waals surface area contributed by atoms with Gasteiger partial charge in [0.25, 0.3) is 10.7 Å². The molecule has 1 saturated heterocycles. The monoisotopic (exact) mass is 318 g/mol. The van der Waals surface area contributed by atoms with Gasteiger partial charge >= 0.3 is 0 Å². The van der Waals surface area contributed by atoms with Gasteiger partial charge < -0.3 is 19.0 Å². The van der Waals surface area contributed by atoms with Crippen LogP contribution in [0, 0.1) is 4.84 Å². The summed E-state index contributed by atoms with van der Waals surface area (Å²) in [5, 5.41) is 0. The lowest BCUT2D eigenvalue weighted by Gasteiger charge is -2.30. The fourth-order valence-electron chi connectivity index (χ4n) is 3.59. The van der Waals surface area contributed by atoms with Crippen LogP contribution in [-0.4, -0.2) is 41.1 Å². The number of hydrogen-bond acceptors (Lipinski definition) is 4. The number of rotatable bonds is 1. The van der Waals surface area contributed by atoms with E-state index >= 15 is 0 Å². The average molecular weight is 318 g/mol. The van der Waals surface area contributed by atoms with Gasteiger partial charge in [-0.2, -0.15) is 0 Å². The number of nitrogens with zero attached hydrogens (tertiary/aromatic N) is 1. The van der Waals surface area contributed by atoms with Gasteiger partial charge in [0.05, 0.1) is 17.7 Å². The molecule has 2 fully saturated rings. The van der Waals surface area contributed by atoms with Crippen LogP contribution < -0.4 is 0 Å². The molecule has 6 heteroatoms. The highest BCUT2D eigenvalue weighted by atomic mass is 32.1. The molecule has 1 aromatic carbocycles. The number of carbonyl (C=O) groups excluding carboxylic acids is 1. The van der Waals surface area contributed by atoms with E-state index < -0.39 is 0 Å². The number of aromatic nitrogens is 1. The minimum absolute atomic E-state index is 0.0617. The second-order valence-electron chi connectivity index (χ2n) is 5.99. The van der Waals surface area contributed by atoms with Gasteiger partial charge in [0.15, 0.2) is 5.58 Å². The van der Waals surface area contributed by atoms with Gasteiger partial charge in [-0.1, -0.05) is 0 Å². The van der Waals surface area contributed by atoms with E-state index in [2.05, 4.69) is 4.98 Å². The van der Waals surface area contributed by atoms with Crippen LogP contribution in [-0.2, 0) is 4.74 Å². The third-order valence-corrected chi connectivity index (χ3v) is 4.81. The summed E-state index contributed by atoms with van der Waals surface area (Å²) >= 11 is 4.99. The van der Waals surface area contributed by atoms with E-state index in [0.717, 1.165) is 44.4 Å². The number of oxazole rings is 1. The first-order chi connectivity index (χ1) is 10.7. The number of amides is 1. The first-order valence-electron chi connectivity index (χ1n) is 7.78. The number of H-pyrrole nitrogens is 1. The van der Waals surface area contributed by atoms with E-state index in [1.807, 2.05) is 17.0 Å². The Kier molecular flexibility index (Phi) is 3.50. The first-order valence-corrected chi connectivity index (χ1v) is 8.19. The molecule has 0 unspecified atom stereocenters. The van der Waals surface area contributed by atoms with Crippen LogP contribution in [0.15, 0.2) is 22.6 Å². The summed E-state index contributed by atoms with van der Waals surface area (Å²) < 4.78 is 11.3. The number of aromatic amines is 1. The molecule has 116 valence electrons. The summed E-state index contributed by atoms with van der Waals surface area (Å²) in [7, 11) is 0. The summed E-state index contributed by atoms with van der Waals surface area (Å²) in [5.74, 6) is 0.0617. The van der Waals surface area contributed by atoms with Crippen LogP contribution in [0.25, 0.3) is 11.1 Å². The third kappa shape index (κ3) is 2.36. The highest BCUT2D eigenvalue weighted by Gasteiger charge is 2.37. The van der Waals surface area contributed by atoms with Gasteiger partial charge in [-0.15, -0.1) is 0 Å². The topological polar surface area (TPSA) is 58.5 Å². The molecule has 0 radical (unpaired) electrons. The molecule has 0 spiro atoms. The Bertz CT molecular complexity index is 766. The van der Waals surface area contributed by atoms with Crippen molar-refractivity contribution in [2.24, 2.45) is 0 Å². The molecule has 22 heavy (non-hydrogen) atoms. The van der Waals surface area contributed by atoms with Crippen molar-refractivity contribution in [2.45, 2.75) is 37.8 Å². The molecule has 1 N–H and O–H groups in total. The maximum absolute atomic E-state index is 12.9. The highest BCUT2D eigenvalue weighted by molar-refractivity contribution is 7.71. The molecule has 1 aliphatic heterocycles. The Hall–Kier alpha value is -1.66. The number of hydrogen-bond donors (Lipinski definition) is 1. The van der Waals surface area contributed by atoms with Crippen LogP contribution in [0.3, 0.4) is 0 Å². The van der Waals surface area contributed by atoms with Gasteiger partial charge in [0.1, 0.15) is 0 Å². The predicted octanol–water partition coefficient (Wildman–Crippen LogP) is 3.27. The zero-order valence-corrected chi connectivity index (χ0v) is 13.0. The van der Waals surface area contributed by atoms with E-state index in [0.29, 0.717) is 16.0 Å². The van der Waals surface area contributed by atoms with Crippen LogP contribution >= 0.6 is 12.2 Å². The van der Waals surface area contributed by atoms with Gasteiger partial charge in [0, 0.05) is 18.7 Å². The Morgan fingerprint density at radius 1 is 1.32 bits per heavy atom. The van der Waals surface area contributed by atoms with Gasteiger partial charge in [-0.3, -0.25) is 4.79 Å². The smallest absolute Gasteiger partial charge is 0.266 e. The van der Waals surface area contributed by atoms with Gasteiger partial charge in [0.2, 0.25) is 0 Å². The van der Waals surface area contributed by atoms with Crippen molar-refractivity contribution in [3.8, 4) is 0 Å². The Balaban J connectivity index is 1.67. The summed E-state index contributed by atoms with van der Waals surface area (Å²) in [6.45, 7) is 1.50. The van der Waals surface area contributed by atoms with E-state index in [4.69, 9.17) is 21.4 Å². The zero-order valence-electron chi connectivity index (χ0n) is 12.2. The maximum Gasteiger partial charge on any atom is 0.266 e. The van der Waals surface area contributed by atoms with E-state index in [1.165, 1.54) is 0 Å². The van der Waals surface area contributed by atoms with Crippen molar-refractivity contribution in [2.75, 3.05) is 13.2 Å². The Morgan fingerprint density at radius 2 is 2.23 bits per heavy atom. The SMILES string of the molecule is O=C(c1ccc2[nH]c(=S)oc2c1)N1CCCO[C@@H]2CCC[C@H]21. The summed E-state index contributed by atoms with van der Waals surface area (Å²) in [5.41, 5.74) is 2.10. The van der Waals surface area contributed by atoms with Crippen molar-refractivity contribution in [3.05, 3.63) is 28.6 Å². The normalized spacial score (nSPS) is 25.2. The van der Waals surface area contributed by atoms with Crippen molar-refractivity contribution < 1.29 is 13.9 Å². The molecule has 1 amide bonds. The first kappa shape index (κ1) is 14.0. The number of carbonyl (C=O) groups is 1. The van der Waals surface area contributed by atoms with Crippen molar-refractivity contribution in [3.63, 3.8) is 0 Å². The fraction of sp³-hybridized carbons (Fsp3) is 0.500. The lowest BCUT2D eigenvalue weighted by atomic mass is 10.1. The molecule has 4 rings (SSSR count). The Labute approximate surface area is 133 Å². The largest absolute Gasteiger partial charge is 0.429 e. The molecule has 2 atom stereocenters. The second kappa shape index (κ2) is 5.52. The molecule has 5 nitrogen and oxygen atoms in total. The average Bonchev–Trinajstić information content (AvgIpc) is 3.06. The Morgan fingerprint density at radius 3 is 3.14 bits per heavy atom. The van der Waals surface area contributed by atoms with Crippen LogP contribution in [0.2, 0.25) is 0 Å². The molecule has 1 aromatic heterocycles.